The summed E-state index contributed by atoms with van der Waals surface area (Å²) in [6.07, 6.45) is 1.05. The highest BCUT2D eigenvalue weighted by atomic mass is 16.4. The molecular weight excluding hydrogens is 268 g/mol. The number of carbonyl (C=O) groups is 2. The first-order chi connectivity index (χ1) is 10.0. The number of carbonyl (C=O) groups excluding carboxylic acids is 1. The Balaban J connectivity index is 2.30. The second-order valence-corrected chi connectivity index (χ2v) is 4.94. The average molecular weight is 286 g/mol. The number of nitrogens with two attached hydrogens (primary N) is 1. The maximum atomic E-state index is 12.2. The third-order valence-electron chi connectivity index (χ3n) is 3.34. The SMILES string of the molecule is CCCC(NC(=O)c1cc2ccccc2cc1N)C(=O)O. The molecule has 0 saturated heterocycles. The molecule has 0 bridgehead atoms. The molecule has 0 aliphatic rings. The van der Waals surface area contributed by atoms with Gasteiger partial charge >= 0.3 is 5.97 Å². The van der Waals surface area contributed by atoms with Crippen LogP contribution in [0.25, 0.3) is 10.8 Å². The van der Waals surface area contributed by atoms with Crippen LogP contribution in [0.1, 0.15) is 30.1 Å². The molecule has 2 aromatic rings. The van der Waals surface area contributed by atoms with E-state index >= 15 is 0 Å². The molecule has 5 nitrogen and oxygen atoms in total. The topological polar surface area (TPSA) is 92.4 Å². The summed E-state index contributed by atoms with van der Waals surface area (Å²) >= 11 is 0. The van der Waals surface area contributed by atoms with E-state index in [1.165, 1.54) is 0 Å². The van der Waals surface area contributed by atoms with Crippen LogP contribution in [0.2, 0.25) is 0 Å². The van der Waals surface area contributed by atoms with Crippen LogP contribution in [0.15, 0.2) is 36.4 Å². The summed E-state index contributed by atoms with van der Waals surface area (Å²) in [5.74, 6) is -1.50. The van der Waals surface area contributed by atoms with Gasteiger partial charge in [0.15, 0.2) is 0 Å². The van der Waals surface area contributed by atoms with Crippen molar-refractivity contribution in [3.63, 3.8) is 0 Å². The third-order valence-corrected chi connectivity index (χ3v) is 3.34. The summed E-state index contributed by atoms with van der Waals surface area (Å²) in [5, 5.41) is 13.4. The largest absolute Gasteiger partial charge is 0.480 e. The van der Waals surface area contributed by atoms with E-state index in [1.807, 2.05) is 31.2 Å². The molecule has 21 heavy (non-hydrogen) atoms. The highest BCUT2D eigenvalue weighted by molar-refractivity contribution is 6.05. The van der Waals surface area contributed by atoms with Gasteiger partial charge < -0.3 is 16.2 Å². The molecule has 1 unspecified atom stereocenters. The number of rotatable bonds is 5. The van der Waals surface area contributed by atoms with Crippen molar-refractivity contribution in [2.75, 3.05) is 5.73 Å². The first-order valence-electron chi connectivity index (χ1n) is 6.85. The summed E-state index contributed by atoms with van der Waals surface area (Å²) in [6.45, 7) is 1.87. The van der Waals surface area contributed by atoms with E-state index in [0.717, 1.165) is 10.8 Å². The molecule has 0 aromatic heterocycles. The number of hydrogen-bond acceptors (Lipinski definition) is 3. The van der Waals surface area contributed by atoms with Gasteiger partial charge in [-0.1, -0.05) is 37.6 Å². The van der Waals surface area contributed by atoms with Gasteiger partial charge in [-0.15, -0.1) is 0 Å². The Kier molecular flexibility index (Phi) is 4.42. The number of hydrogen-bond donors (Lipinski definition) is 3. The maximum Gasteiger partial charge on any atom is 0.326 e. The summed E-state index contributed by atoms with van der Waals surface area (Å²) in [5.41, 5.74) is 6.55. The van der Waals surface area contributed by atoms with Crippen molar-refractivity contribution in [1.29, 1.82) is 0 Å². The van der Waals surface area contributed by atoms with Crippen molar-refractivity contribution < 1.29 is 14.7 Å². The van der Waals surface area contributed by atoms with Gasteiger partial charge in [0, 0.05) is 5.69 Å². The Bertz CT molecular complexity index is 682. The molecule has 110 valence electrons. The molecule has 2 rings (SSSR count). The average Bonchev–Trinajstić information content (AvgIpc) is 2.45. The lowest BCUT2D eigenvalue weighted by Crippen LogP contribution is -2.40. The second-order valence-electron chi connectivity index (χ2n) is 4.94. The van der Waals surface area contributed by atoms with Gasteiger partial charge in [0.1, 0.15) is 6.04 Å². The number of nitrogens with one attached hydrogen (secondary N) is 1. The van der Waals surface area contributed by atoms with Crippen molar-refractivity contribution in [2.45, 2.75) is 25.8 Å². The molecule has 1 atom stereocenters. The predicted molar refractivity (Wildman–Crippen MR) is 82.2 cm³/mol. The lowest BCUT2D eigenvalue weighted by atomic mass is 10.0. The highest BCUT2D eigenvalue weighted by Gasteiger charge is 2.21. The molecule has 0 spiro atoms. The van der Waals surface area contributed by atoms with Crippen LogP contribution in [0.3, 0.4) is 0 Å². The van der Waals surface area contributed by atoms with Crippen LogP contribution in [-0.2, 0) is 4.79 Å². The first-order valence-corrected chi connectivity index (χ1v) is 6.85. The summed E-state index contributed by atoms with van der Waals surface area (Å²) in [4.78, 5) is 23.4. The molecule has 2 aromatic carbocycles. The van der Waals surface area contributed by atoms with E-state index in [1.54, 1.807) is 12.1 Å². The number of nitrogen functional groups attached to an aromatic ring is 1. The molecular formula is C16H18N2O3. The predicted octanol–water partition coefficient (Wildman–Crippen LogP) is 2.41. The number of fused-ring (bicyclic) bond motifs is 1. The van der Waals surface area contributed by atoms with E-state index < -0.39 is 17.9 Å². The lowest BCUT2D eigenvalue weighted by Gasteiger charge is -2.15. The molecule has 0 aliphatic carbocycles. The molecule has 5 heteroatoms. The van der Waals surface area contributed by atoms with Gasteiger partial charge in [0.2, 0.25) is 0 Å². The molecule has 0 aliphatic heterocycles. The Morgan fingerprint density at radius 3 is 2.43 bits per heavy atom. The Hall–Kier alpha value is -2.56. The zero-order chi connectivity index (χ0) is 15.4. The number of benzene rings is 2. The smallest absolute Gasteiger partial charge is 0.326 e. The minimum Gasteiger partial charge on any atom is -0.480 e. The number of carboxylic acids is 1. The Labute approximate surface area is 122 Å². The Morgan fingerprint density at radius 2 is 1.86 bits per heavy atom. The monoisotopic (exact) mass is 286 g/mol. The minimum absolute atomic E-state index is 0.302. The summed E-state index contributed by atoms with van der Waals surface area (Å²) < 4.78 is 0. The summed E-state index contributed by atoms with van der Waals surface area (Å²) in [7, 11) is 0. The van der Waals surface area contributed by atoms with Crippen LogP contribution in [0, 0.1) is 0 Å². The second kappa shape index (κ2) is 6.26. The van der Waals surface area contributed by atoms with Crippen LogP contribution < -0.4 is 11.1 Å². The van der Waals surface area contributed by atoms with Crippen molar-refractivity contribution in [3.8, 4) is 0 Å². The third kappa shape index (κ3) is 3.31. The normalized spacial score (nSPS) is 12.0. The number of anilines is 1. The van der Waals surface area contributed by atoms with Crippen LogP contribution in [0.5, 0.6) is 0 Å². The fourth-order valence-corrected chi connectivity index (χ4v) is 2.24. The van der Waals surface area contributed by atoms with Crippen LogP contribution in [-0.4, -0.2) is 23.0 Å². The fraction of sp³-hybridized carbons (Fsp3) is 0.250. The zero-order valence-corrected chi connectivity index (χ0v) is 11.8. The molecule has 0 radical (unpaired) electrons. The zero-order valence-electron chi connectivity index (χ0n) is 11.8. The quantitative estimate of drug-likeness (QED) is 0.736. The standard InChI is InChI=1S/C16H18N2O3/c1-2-5-14(16(20)21)18-15(19)12-8-10-6-3-4-7-11(10)9-13(12)17/h3-4,6-9,14H,2,5,17H2,1H3,(H,18,19)(H,20,21). The molecule has 0 saturated carbocycles. The first kappa shape index (κ1) is 14.8. The van der Waals surface area contributed by atoms with Crippen molar-refractivity contribution >= 4 is 28.3 Å². The van der Waals surface area contributed by atoms with E-state index in [-0.39, 0.29) is 0 Å². The van der Waals surface area contributed by atoms with Crippen LogP contribution in [0.4, 0.5) is 5.69 Å². The van der Waals surface area contributed by atoms with E-state index in [4.69, 9.17) is 10.8 Å². The molecule has 4 N–H and O–H groups in total. The van der Waals surface area contributed by atoms with E-state index in [2.05, 4.69) is 5.32 Å². The number of carboxylic acid groups (broad SMARTS) is 1. The van der Waals surface area contributed by atoms with E-state index in [9.17, 15) is 9.59 Å². The van der Waals surface area contributed by atoms with Gasteiger partial charge in [-0.05, 0) is 29.3 Å². The number of aliphatic carboxylic acids is 1. The van der Waals surface area contributed by atoms with Gasteiger partial charge in [-0.2, -0.15) is 0 Å². The van der Waals surface area contributed by atoms with E-state index in [0.29, 0.717) is 24.1 Å². The molecule has 0 heterocycles. The van der Waals surface area contributed by atoms with Gasteiger partial charge in [-0.25, -0.2) is 4.79 Å². The van der Waals surface area contributed by atoms with Gasteiger partial charge in [0.05, 0.1) is 5.56 Å². The van der Waals surface area contributed by atoms with Gasteiger partial charge in [-0.3, -0.25) is 4.79 Å². The van der Waals surface area contributed by atoms with Crippen molar-refractivity contribution in [1.82, 2.24) is 5.32 Å². The fourth-order valence-electron chi connectivity index (χ4n) is 2.24. The number of amides is 1. The molecule has 0 fully saturated rings. The lowest BCUT2D eigenvalue weighted by molar-refractivity contribution is -0.139. The highest BCUT2D eigenvalue weighted by Crippen LogP contribution is 2.22. The van der Waals surface area contributed by atoms with Crippen LogP contribution >= 0.6 is 0 Å². The minimum atomic E-state index is -1.04. The summed E-state index contributed by atoms with van der Waals surface area (Å²) in [6, 6.07) is 10.1. The maximum absolute atomic E-state index is 12.2. The molecule has 1 amide bonds. The van der Waals surface area contributed by atoms with Crippen molar-refractivity contribution in [2.24, 2.45) is 0 Å². The Morgan fingerprint density at radius 1 is 1.24 bits per heavy atom. The van der Waals surface area contributed by atoms with Crippen molar-refractivity contribution in [3.05, 3.63) is 42.0 Å². The van der Waals surface area contributed by atoms with Gasteiger partial charge in [0.25, 0.3) is 5.91 Å².